The topological polar surface area (TPSA) is 46.0 Å². The molecule has 0 unspecified atom stereocenters. The van der Waals surface area contributed by atoms with E-state index in [2.05, 4.69) is 22.2 Å². The number of halogens is 1. The number of nitrogens with one attached hydrogen (secondary N) is 1. The first-order valence-electron chi connectivity index (χ1n) is 5.32. The molecule has 2 rings (SSSR count). The van der Waals surface area contributed by atoms with Gasteiger partial charge in [-0.05, 0) is 13.3 Å². The number of hydrogen-bond acceptors (Lipinski definition) is 2. The predicted octanol–water partition coefficient (Wildman–Crippen LogP) is 2.75. The van der Waals surface area contributed by atoms with Crippen LogP contribution in [0.15, 0.2) is 0 Å². The highest BCUT2D eigenvalue weighted by molar-refractivity contribution is 6.34. The summed E-state index contributed by atoms with van der Waals surface area (Å²) in [7, 11) is 0. The standard InChI is InChI=1S/C10H15ClN4/c1-3-4-5-6-8-12-13-10-9(11)7(2)14-15(8)10/h14H,3-6H2,1-2H3. The number of H-pyrrole nitrogens is 1. The van der Waals surface area contributed by atoms with Crippen molar-refractivity contribution in [3.8, 4) is 0 Å². The maximum atomic E-state index is 6.06. The summed E-state index contributed by atoms with van der Waals surface area (Å²) in [5.41, 5.74) is 1.68. The molecule has 5 heteroatoms. The minimum atomic E-state index is 0.671. The number of aromatic amines is 1. The zero-order chi connectivity index (χ0) is 10.8. The quantitative estimate of drug-likeness (QED) is 0.815. The Bertz CT molecular complexity index is 457. The average molecular weight is 227 g/mol. The molecule has 1 N–H and O–H groups in total. The van der Waals surface area contributed by atoms with E-state index in [9.17, 15) is 0 Å². The second-order valence-corrected chi connectivity index (χ2v) is 4.16. The molecule has 0 aromatic carbocycles. The lowest BCUT2D eigenvalue weighted by Gasteiger charge is -1.96. The molecule has 2 heterocycles. The van der Waals surface area contributed by atoms with Crippen molar-refractivity contribution in [3.05, 3.63) is 16.5 Å². The largest absolute Gasteiger partial charge is 0.294 e. The van der Waals surface area contributed by atoms with Gasteiger partial charge in [0.2, 0.25) is 0 Å². The maximum absolute atomic E-state index is 6.06. The normalized spacial score (nSPS) is 11.4. The number of fused-ring (bicyclic) bond motifs is 1. The second kappa shape index (κ2) is 4.23. The van der Waals surface area contributed by atoms with Crippen LogP contribution >= 0.6 is 11.6 Å². The van der Waals surface area contributed by atoms with E-state index in [0.717, 1.165) is 30.0 Å². The number of nitrogens with zero attached hydrogens (tertiary/aromatic N) is 3. The summed E-state index contributed by atoms with van der Waals surface area (Å²) in [5, 5.41) is 12.0. The first-order valence-corrected chi connectivity index (χ1v) is 5.70. The van der Waals surface area contributed by atoms with Crippen molar-refractivity contribution in [2.45, 2.75) is 39.5 Å². The van der Waals surface area contributed by atoms with Crippen LogP contribution in [-0.2, 0) is 6.42 Å². The SMILES string of the molecule is CCCCCc1nnc2c(Cl)c(C)[nH]n12. The molecular formula is C10H15ClN4. The summed E-state index contributed by atoms with van der Waals surface area (Å²) >= 11 is 6.06. The Morgan fingerprint density at radius 1 is 1.33 bits per heavy atom. The van der Waals surface area contributed by atoms with E-state index in [0.29, 0.717) is 5.02 Å². The lowest BCUT2D eigenvalue weighted by Crippen LogP contribution is -1.96. The Morgan fingerprint density at radius 3 is 2.87 bits per heavy atom. The van der Waals surface area contributed by atoms with Crippen LogP contribution in [0.4, 0.5) is 0 Å². The molecule has 0 spiro atoms. The molecule has 82 valence electrons. The van der Waals surface area contributed by atoms with Gasteiger partial charge in [-0.25, -0.2) is 4.52 Å². The van der Waals surface area contributed by atoms with E-state index in [1.165, 1.54) is 12.8 Å². The van der Waals surface area contributed by atoms with E-state index in [4.69, 9.17) is 11.6 Å². The van der Waals surface area contributed by atoms with E-state index in [1.54, 1.807) is 0 Å². The van der Waals surface area contributed by atoms with Crippen LogP contribution in [0.2, 0.25) is 5.02 Å². The minimum absolute atomic E-state index is 0.671. The van der Waals surface area contributed by atoms with Crippen LogP contribution in [0.3, 0.4) is 0 Å². The highest BCUT2D eigenvalue weighted by atomic mass is 35.5. The van der Waals surface area contributed by atoms with Gasteiger partial charge in [0.1, 0.15) is 5.02 Å². The third-order valence-corrected chi connectivity index (χ3v) is 2.99. The first-order chi connectivity index (χ1) is 7.24. The summed E-state index contributed by atoms with van der Waals surface area (Å²) in [5.74, 6) is 0.966. The Balaban J connectivity index is 2.24. The molecule has 0 bridgehead atoms. The highest BCUT2D eigenvalue weighted by Crippen LogP contribution is 2.20. The van der Waals surface area contributed by atoms with Crippen LogP contribution in [0, 0.1) is 6.92 Å². The molecule has 0 radical (unpaired) electrons. The van der Waals surface area contributed by atoms with Gasteiger partial charge in [0, 0.05) is 6.42 Å². The van der Waals surface area contributed by atoms with Gasteiger partial charge >= 0.3 is 0 Å². The van der Waals surface area contributed by atoms with Crippen molar-refractivity contribution < 1.29 is 0 Å². The molecule has 2 aromatic heterocycles. The van der Waals surface area contributed by atoms with Crippen LogP contribution in [0.5, 0.6) is 0 Å². The Labute approximate surface area is 93.6 Å². The number of aromatic nitrogens is 4. The maximum Gasteiger partial charge on any atom is 0.196 e. The summed E-state index contributed by atoms with van der Waals surface area (Å²) in [4.78, 5) is 0. The van der Waals surface area contributed by atoms with E-state index < -0.39 is 0 Å². The molecule has 4 nitrogen and oxygen atoms in total. The van der Waals surface area contributed by atoms with Gasteiger partial charge in [-0.15, -0.1) is 10.2 Å². The van der Waals surface area contributed by atoms with Crippen molar-refractivity contribution in [2.75, 3.05) is 0 Å². The number of hydrogen-bond donors (Lipinski definition) is 1. The smallest absolute Gasteiger partial charge is 0.196 e. The van der Waals surface area contributed by atoms with E-state index in [1.807, 2.05) is 11.4 Å². The van der Waals surface area contributed by atoms with E-state index in [-0.39, 0.29) is 0 Å². The van der Waals surface area contributed by atoms with Crippen molar-refractivity contribution in [1.82, 2.24) is 19.8 Å². The van der Waals surface area contributed by atoms with Crippen LogP contribution < -0.4 is 0 Å². The van der Waals surface area contributed by atoms with Gasteiger partial charge in [0.05, 0.1) is 5.69 Å². The number of unbranched alkanes of at least 4 members (excludes halogenated alkanes) is 2. The first kappa shape index (κ1) is 10.5. The highest BCUT2D eigenvalue weighted by Gasteiger charge is 2.12. The molecule has 0 atom stereocenters. The third-order valence-electron chi connectivity index (χ3n) is 2.54. The van der Waals surface area contributed by atoms with Gasteiger partial charge < -0.3 is 0 Å². The van der Waals surface area contributed by atoms with Crippen LogP contribution in [0.25, 0.3) is 5.65 Å². The van der Waals surface area contributed by atoms with Crippen molar-refractivity contribution in [1.29, 1.82) is 0 Å². The minimum Gasteiger partial charge on any atom is -0.294 e. The third kappa shape index (κ3) is 1.86. The average Bonchev–Trinajstić information content (AvgIpc) is 2.72. The molecular weight excluding hydrogens is 212 g/mol. The molecule has 0 aliphatic rings. The van der Waals surface area contributed by atoms with Crippen molar-refractivity contribution >= 4 is 17.2 Å². The summed E-state index contributed by atoms with van der Waals surface area (Å²) < 4.78 is 1.88. The van der Waals surface area contributed by atoms with Crippen LogP contribution in [0.1, 0.15) is 37.7 Å². The Morgan fingerprint density at radius 2 is 2.13 bits per heavy atom. The predicted molar refractivity (Wildman–Crippen MR) is 60.3 cm³/mol. The molecule has 15 heavy (non-hydrogen) atoms. The monoisotopic (exact) mass is 226 g/mol. The molecule has 0 fully saturated rings. The number of rotatable bonds is 4. The van der Waals surface area contributed by atoms with Crippen LogP contribution in [-0.4, -0.2) is 19.8 Å². The zero-order valence-electron chi connectivity index (χ0n) is 9.05. The zero-order valence-corrected chi connectivity index (χ0v) is 9.80. The fourth-order valence-corrected chi connectivity index (χ4v) is 1.82. The Hall–Kier alpha value is -1.03. The van der Waals surface area contributed by atoms with Gasteiger partial charge in [-0.1, -0.05) is 31.4 Å². The lowest BCUT2D eigenvalue weighted by molar-refractivity contribution is 0.676. The van der Waals surface area contributed by atoms with Gasteiger partial charge in [0.25, 0.3) is 0 Å². The molecule has 0 saturated carbocycles. The van der Waals surface area contributed by atoms with Gasteiger partial charge in [0.15, 0.2) is 11.5 Å². The fraction of sp³-hybridized carbons (Fsp3) is 0.600. The molecule has 0 aliphatic carbocycles. The van der Waals surface area contributed by atoms with Gasteiger partial charge in [-0.2, -0.15) is 0 Å². The van der Waals surface area contributed by atoms with E-state index >= 15 is 0 Å². The molecule has 2 aromatic rings. The van der Waals surface area contributed by atoms with Crippen molar-refractivity contribution in [2.24, 2.45) is 0 Å². The lowest BCUT2D eigenvalue weighted by atomic mass is 10.2. The van der Waals surface area contributed by atoms with Crippen molar-refractivity contribution in [3.63, 3.8) is 0 Å². The van der Waals surface area contributed by atoms with Gasteiger partial charge in [-0.3, -0.25) is 5.10 Å². The molecule has 0 aliphatic heterocycles. The Kier molecular flexibility index (Phi) is 2.95. The summed E-state index contributed by atoms with van der Waals surface area (Å²) in [6.07, 6.45) is 4.53. The summed E-state index contributed by atoms with van der Waals surface area (Å²) in [6.45, 7) is 4.13. The summed E-state index contributed by atoms with van der Waals surface area (Å²) in [6, 6.07) is 0. The molecule has 0 amide bonds. The molecule has 0 saturated heterocycles. The number of aryl methyl sites for hydroxylation is 2. The fourth-order valence-electron chi connectivity index (χ4n) is 1.66. The second-order valence-electron chi connectivity index (χ2n) is 3.78.